The molecule has 142 valence electrons. The van der Waals surface area contributed by atoms with E-state index >= 15 is 0 Å². The zero-order valence-corrected chi connectivity index (χ0v) is 15.9. The van der Waals surface area contributed by atoms with Crippen LogP contribution in [0, 0.1) is 0 Å². The number of hydrogen-bond donors (Lipinski definition) is 4. The summed E-state index contributed by atoms with van der Waals surface area (Å²) in [6, 6.07) is 6.16. The summed E-state index contributed by atoms with van der Waals surface area (Å²) in [7, 11) is 1.62. The van der Waals surface area contributed by atoms with Crippen LogP contribution in [0.25, 0.3) is 0 Å². The van der Waals surface area contributed by atoms with Crippen LogP contribution in [0.1, 0.15) is 20.3 Å². The van der Waals surface area contributed by atoms with Crippen molar-refractivity contribution < 1.29 is 9.84 Å². The molecule has 3 rings (SSSR count). The van der Waals surface area contributed by atoms with Crippen molar-refractivity contribution in [3.63, 3.8) is 0 Å². The number of anilines is 1. The molecule has 1 aromatic carbocycles. The van der Waals surface area contributed by atoms with Gasteiger partial charge in [0.2, 0.25) is 0 Å². The third-order valence-electron chi connectivity index (χ3n) is 4.75. The van der Waals surface area contributed by atoms with E-state index in [2.05, 4.69) is 46.8 Å². The molecule has 1 atom stereocenters. The quantitative estimate of drug-likeness (QED) is 0.597. The number of fused-ring (bicyclic) bond motifs is 1. The number of hydrogen-bond acceptors (Lipinski definition) is 6. The van der Waals surface area contributed by atoms with Gasteiger partial charge in [0.05, 0.1) is 13.2 Å². The number of ether oxygens (including phenoxy) is 1. The summed E-state index contributed by atoms with van der Waals surface area (Å²) in [6.45, 7) is 7.92. The molecule has 0 bridgehead atoms. The lowest BCUT2D eigenvalue weighted by molar-refractivity contribution is 0.407. The van der Waals surface area contributed by atoms with Crippen molar-refractivity contribution in [3.8, 4) is 11.5 Å². The van der Waals surface area contributed by atoms with Crippen LogP contribution in [-0.2, 0) is 0 Å². The van der Waals surface area contributed by atoms with Gasteiger partial charge in [-0.25, -0.2) is 0 Å². The fourth-order valence-electron chi connectivity index (χ4n) is 3.45. The van der Waals surface area contributed by atoms with Crippen LogP contribution < -0.4 is 25.6 Å². The summed E-state index contributed by atoms with van der Waals surface area (Å²) in [5, 5.41) is 20.6. The zero-order valence-electron chi connectivity index (χ0n) is 15.9. The summed E-state index contributed by atoms with van der Waals surface area (Å²) in [6.07, 6.45) is 5.26. The Morgan fingerprint density at radius 2 is 2.12 bits per heavy atom. The summed E-state index contributed by atoms with van der Waals surface area (Å²) < 4.78 is 5.35. The van der Waals surface area contributed by atoms with Gasteiger partial charge in [0.15, 0.2) is 0 Å². The first-order chi connectivity index (χ1) is 12.6. The number of phenols is 1. The molecule has 1 heterocycles. The second-order valence-corrected chi connectivity index (χ2v) is 7.07. The van der Waals surface area contributed by atoms with Gasteiger partial charge in [-0.15, -0.1) is 0 Å². The van der Waals surface area contributed by atoms with Gasteiger partial charge in [0, 0.05) is 73.9 Å². The average molecular weight is 358 g/mol. The molecule has 0 spiro atoms. The van der Waals surface area contributed by atoms with Crippen LogP contribution in [0.4, 0.5) is 5.69 Å². The molecule has 26 heavy (non-hydrogen) atoms. The monoisotopic (exact) mass is 358 g/mol. The predicted molar refractivity (Wildman–Crippen MR) is 106 cm³/mol. The second kappa shape index (κ2) is 8.47. The van der Waals surface area contributed by atoms with Gasteiger partial charge in [-0.1, -0.05) is 13.8 Å². The number of phenolic OH excluding ortho intramolecular Hbond substituents is 1. The van der Waals surface area contributed by atoms with E-state index < -0.39 is 0 Å². The van der Waals surface area contributed by atoms with Crippen LogP contribution in [-0.4, -0.2) is 50.5 Å². The van der Waals surface area contributed by atoms with Gasteiger partial charge in [0.1, 0.15) is 11.5 Å². The van der Waals surface area contributed by atoms with Crippen molar-refractivity contribution >= 4 is 5.69 Å². The molecule has 4 N–H and O–H groups in total. The van der Waals surface area contributed by atoms with E-state index in [9.17, 15) is 5.11 Å². The van der Waals surface area contributed by atoms with E-state index in [0.717, 1.165) is 38.3 Å². The number of allylic oxidation sites excluding steroid dienone is 2. The van der Waals surface area contributed by atoms with Crippen molar-refractivity contribution in [2.75, 3.05) is 38.2 Å². The molecule has 0 amide bonds. The first-order valence-electron chi connectivity index (χ1n) is 9.34. The molecule has 1 aliphatic carbocycles. The number of benzene rings is 1. The maximum atomic E-state index is 10.1. The average Bonchev–Trinajstić information content (AvgIpc) is 2.64. The number of aromatic hydroxyl groups is 1. The fraction of sp³-hybridized carbons (Fsp3) is 0.500. The van der Waals surface area contributed by atoms with Gasteiger partial charge in [-0.3, -0.25) is 0 Å². The Kier molecular flexibility index (Phi) is 6.06. The van der Waals surface area contributed by atoms with Crippen LogP contribution >= 0.6 is 0 Å². The highest BCUT2D eigenvalue weighted by atomic mass is 16.5. The van der Waals surface area contributed by atoms with E-state index in [1.807, 2.05) is 6.07 Å². The Hall–Kier alpha value is -2.18. The molecule has 0 radical (unpaired) electrons. The molecular weight excluding hydrogens is 328 g/mol. The number of methoxy groups -OCH3 is 1. The number of nitrogens with zero attached hydrogens (tertiary/aromatic N) is 1. The van der Waals surface area contributed by atoms with Crippen molar-refractivity contribution in [3.05, 3.63) is 41.7 Å². The van der Waals surface area contributed by atoms with E-state index in [1.54, 1.807) is 19.2 Å². The molecule has 0 saturated carbocycles. The Morgan fingerprint density at radius 1 is 1.27 bits per heavy atom. The number of piperazine rings is 1. The van der Waals surface area contributed by atoms with Crippen LogP contribution in [0.3, 0.4) is 0 Å². The number of nitrogens with one attached hydrogen (secondary N) is 3. The molecule has 6 heteroatoms. The Labute approximate surface area is 155 Å². The molecule has 1 saturated heterocycles. The minimum Gasteiger partial charge on any atom is -0.508 e. The van der Waals surface area contributed by atoms with Gasteiger partial charge < -0.3 is 30.7 Å². The van der Waals surface area contributed by atoms with E-state index in [4.69, 9.17) is 4.74 Å². The zero-order chi connectivity index (χ0) is 18.5. The summed E-state index contributed by atoms with van der Waals surface area (Å²) in [4.78, 5) is 2.27. The normalized spacial score (nSPS) is 19.3. The predicted octanol–water partition coefficient (Wildman–Crippen LogP) is 1.94. The van der Waals surface area contributed by atoms with Gasteiger partial charge in [-0.2, -0.15) is 0 Å². The lowest BCUT2D eigenvalue weighted by Gasteiger charge is -2.36. The molecular formula is C20H30N4O2. The van der Waals surface area contributed by atoms with E-state index in [1.165, 1.54) is 11.4 Å². The topological polar surface area (TPSA) is 68.8 Å². The van der Waals surface area contributed by atoms with Crippen LogP contribution in [0.15, 0.2) is 41.7 Å². The molecule has 0 aromatic heterocycles. The second-order valence-electron chi connectivity index (χ2n) is 7.07. The molecule has 1 aromatic rings. The van der Waals surface area contributed by atoms with Gasteiger partial charge in [-0.05, 0) is 12.2 Å². The minimum atomic E-state index is 0.214. The summed E-state index contributed by atoms with van der Waals surface area (Å²) >= 11 is 0. The largest absolute Gasteiger partial charge is 0.508 e. The molecule has 6 nitrogen and oxygen atoms in total. The molecule has 2 aliphatic rings. The highest BCUT2D eigenvalue weighted by Crippen LogP contribution is 2.32. The minimum absolute atomic E-state index is 0.214. The molecule has 1 fully saturated rings. The maximum absolute atomic E-state index is 10.1. The van der Waals surface area contributed by atoms with Gasteiger partial charge >= 0.3 is 0 Å². The SMILES string of the molecule is COc1cc(O)cc(N(CCNC(C)C)C2=CC=C3NCCNC3C2)c1. The smallest absolute Gasteiger partial charge is 0.124 e. The third-order valence-corrected chi connectivity index (χ3v) is 4.75. The van der Waals surface area contributed by atoms with E-state index in [0.29, 0.717) is 17.8 Å². The highest BCUT2D eigenvalue weighted by Gasteiger charge is 2.25. The van der Waals surface area contributed by atoms with Crippen molar-refractivity contribution in [2.45, 2.75) is 32.4 Å². The van der Waals surface area contributed by atoms with E-state index in [-0.39, 0.29) is 5.75 Å². The van der Waals surface area contributed by atoms with Crippen molar-refractivity contribution in [1.29, 1.82) is 0 Å². The van der Waals surface area contributed by atoms with Crippen LogP contribution in [0.5, 0.6) is 11.5 Å². The Bertz CT molecular complexity index is 684. The Balaban J connectivity index is 1.87. The van der Waals surface area contributed by atoms with Crippen molar-refractivity contribution in [2.24, 2.45) is 0 Å². The summed E-state index contributed by atoms with van der Waals surface area (Å²) in [5.74, 6) is 0.873. The number of rotatable bonds is 7. The third kappa shape index (κ3) is 4.51. The summed E-state index contributed by atoms with van der Waals surface area (Å²) in [5.41, 5.74) is 3.43. The first-order valence-corrected chi connectivity index (χ1v) is 9.34. The fourth-order valence-corrected chi connectivity index (χ4v) is 3.45. The Morgan fingerprint density at radius 3 is 2.88 bits per heavy atom. The molecule has 1 unspecified atom stereocenters. The first kappa shape index (κ1) is 18.6. The van der Waals surface area contributed by atoms with Crippen LogP contribution in [0.2, 0.25) is 0 Å². The maximum Gasteiger partial charge on any atom is 0.124 e. The highest BCUT2D eigenvalue weighted by molar-refractivity contribution is 5.60. The lowest BCUT2D eigenvalue weighted by atomic mass is 9.99. The standard InChI is InChI=1S/C20H30N4O2/c1-14(2)21-8-9-24(16-10-17(25)13-18(11-16)26-3)15-4-5-19-20(12-15)23-7-6-22-19/h4-5,10-11,13-14,20-23,25H,6-9,12H2,1-3H3. The molecule has 1 aliphatic heterocycles. The lowest BCUT2D eigenvalue weighted by Crippen LogP contribution is -2.48. The van der Waals surface area contributed by atoms with Crippen molar-refractivity contribution in [1.82, 2.24) is 16.0 Å². The van der Waals surface area contributed by atoms with Gasteiger partial charge in [0.25, 0.3) is 0 Å².